The maximum atomic E-state index is 17.0. The molecule has 0 saturated heterocycles. The van der Waals surface area contributed by atoms with E-state index in [9.17, 15) is 4.79 Å². The van der Waals surface area contributed by atoms with Gasteiger partial charge in [0, 0.05) is 17.8 Å². The summed E-state index contributed by atoms with van der Waals surface area (Å²) in [6.45, 7) is 34.3. The van der Waals surface area contributed by atoms with E-state index in [1.165, 1.54) is 26.4 Å². The molecule has 7 atom stereocenters. The van der Waals surface area contributed by atoms with Gasteiger partial charge < -0.3 is 18.0 Å². The van der Waals surface area contributed by atoms with Crippen LogP contribution in [0.3, 0.4) is 0 Å². The number of esters is 1. The second-order valence-electron chi connectivity index (χ2n) is 19.1. The third-order valence-corrected chi connectivity index (χ3v) is 27.0. The Morgan fingerprint density at radius 1 is 0.882 bits per heavy atom. The zero-order valence-electron chi connectivity index (χ0n) is 35.8. The van der Waals surface area contributed by atoms with Crippen LogP contribution in [0.25, 0.3) is 0 Å². The molecular weight excluding hydrogens is 688 g/mol. The Morgan fingerprint density at radius 3 is 1.94 bits per heavy atom. The second-order valence-corrected chi connectivity index (χ2v) is 33.3. The number of unbranched alkanes of at least 4 members (excludes halogenated alkanes) is 1. The first-order chi connectivity index (χ1) is 23.5. The number of carbonyl (C=O) groups is 1. The van der Waals surface area contributed by atoms with Gasteiger partial charge in [0.2, 0.25) is 0 Å². The Hall–Kier alpha value is -0.769. The molecular formula is C42H79FO5Si3. The van der Waals surface area contributed by atoms with E-state index in [2.05, 4.69) is 126 Å². The standard InChI is InChI=1S/C42H79FO5Si3/c1-17-21-22-31(5)27-34(46-49(13,14)41(6,7)8)24-25-35-37(47-50(15,16)42(9,10)11)30-38(48-51(18-2,19-3)20-4)39(35)36(43)26-23-32-28-33(29-32)40(44)45-12/h24-25,31-39H,17-22,27-30H2,1-16H3/b25-24+/t31-,32?,33?,34+,35-,36-,37+,38-,39-/m0/s1. The molecule has 296 valence electrons. The fourth-order valence-corrected chi connectivity index (χ4v) is 12.8. The molecule has 0 aromatic carbocycles. The zero-order valence-corrected chi connectivity index (χ0v) is 38.8. The van der Waals surface area contributed by atoms with Crippen LogP contribution in [0.4, 0.5) is 4.39 Å². The fraction of sp³-hybridized carbons (Fsp3) is 0.881. The van der Waals surface area contributed by atoms with Gasteiger partial charge in [-0.2, -0.15) is 0 Å². The van der Waals surface area contributed by atoms with Crippen LogP contribution >= 0.6 is 0 Å². The first kappa shape index (κ1) is 46.4. The lowest BCUT2D eigenvalue weighted by Gasteiger charge is -2.40. The van der Waals surface area contributed by atoms with Gasteiger partial charge >= 0.3 is 5.97 Å². The lowest BCUT2D eigenvalue weighted by Crippen LogP contribution is -2.45. The highest BCUT2D eigenvalue weighted by Crippen LogP contribution is 2.47. The highest BCUT2D eigenvalue weighted by atomic mass is 28.4. The van der Waals surface area contributed by atoms with E-state index in [0.29, 0.717) is 25.2 Å². The number of rotatable bonds is 18. The number of hydrogen-bond donors (Lipinski definition) is 0. The maximum absolute atomic E-state index is 17.0. The number of methoxy groups -OCH3 is 1. The molecule has 0 amide bonds. The van der Waals surface area contributed by atoms with Gasteiger partial charge in [-0.15, -0.1) is 0 Å². The Balaban J connectivity index is 2.66. The van der Waals surface area contributed by atoms with Crippen LogP contribution < -0.4 is 0 Å². The molecule has 0 aromatic heterocycles. The predicted molar refractivity (Wildman–Crippen MR) is 221 cm³/mol. The molecule has 9 heteroatoms. The summed E-state index contributed by atoms with van der Waals surface area (Å²) >= 11 is 0. The minimum Gasteiger partial charge on any atom is -0.469 e. The summed E-state index contributed by atoms with van der Waals surface area (Å²) < 4.78 is 43.6. The van der Waals surface area contributed by atoms with Crippen molar-refractivity contribution in [1.29, 1.82) is 0 Å². The minimum absolute atomic E-state index is 0.0164. The second kappa shape index (κ2) is 19.2. The molecule has 2 aliphatic carbocycles. The summed E-state index contributed by atoms with van der Waals surface area (Å²) in [5.41, 5.74) is 0. The molecule has 0 aromatic rings. The van der Waals surface area contributed by atoms with Gasteiger partial charge in [0.1, 0.15) is 0 Å². The average molecular weight is 767 g/mol. The Kier molecular flexibility index (Phi) is 17.5. The molecule has 0 radical (unpaired) electrons. The topological polar surface area (TPSA) is 54.0 Å². The van der Waals surface area contributed by atoms with Crippen molar-refractivity contribution in [1.82, 2.24) is 0 Å². The number of halogens is 1. The van der Waals surface area contributed by atoms with Crippen molar-refractivity contribution in [2.45, 2.75) is 200 Å². The lowest BCUT2D eigenvalue weighted by molar-refractivity contribution is -0.149. The van der Waals surface area contributed by atoms with Gasteiger partial charge in [0.25, 0.3) is 0 Å². The molecule has 0 spiro atoms. The third kappa shape index (κ3) is 12.6. The van der Waals surface area contributed by atoms with Crippen LogP contribution in [0, 0.1) is 41.4 Å². The summed E-state index contributed by atoms with van der Waals surface area (Å²) in [5, 5.41) is 0.0967. The van der Waals surface area contributed by atoms with Crippen LogP contribution in [0.5, 0.6) is 0 Å². The van der Waals surface area contributed by atoms with E-state index in [4.69, 9.17) is 18.0 Å². The fourth-order valence-electron chi connectivity index (χ4n) is 7.23. The van der Waals surface area contributed by atoms with Gasteiger partial charge in [0.05, 0.1) is 31.3 Å². The van der Waals surface area contributed by atoms with Crippen molar-refractivity contribution in [3.63, 3.8) is 0 Å². The molecule has 0 heterocycles. The Morgan fingerprint density at radius 2 is 1.45 bits per heavy atom. The zero-order chi connectivity index (χ0) is 39.0. The molecule has 0 unspecified atom stereocenters. The molecule has 0 N–H and O–H groups in total. The monoisotopic (exact) mass is 767 g/mol. The molecule has 2 aliphatic rings. The van der Waals surface area contributed by atoms with Gasteiger partial charge in [-0.1, -0.05) is 119 Å². The first-order valence-electron chi connectivity index (χ1n) is 20.4. The quantitative estimate of drug-likeness (QED) is 0.0602. The lowest BCUT2D eigenvalue weighted by atomic mass is 9.75. The van der Waals surface area contributed by atoms with E-state index in [0.717, 1.165) is 24.6 Å². The molecule has 0 aliphatic heterocycles. The normalized spacial score (nSPS) is 26.7. The van der Waals surface area contributed by atoms with Crippen LogP contribution in [0.2, 0.25) is 54.4 Å². The van der Waals surface area contributed by atoms with Gasteiger partial charge in [-0.3, -0.25) is 4.79 Å². The third-order valence-electron chi connectivity index (χ3n) is 13.3. The van der Waals surface area contributed by atoms with E-state index in [-0.39, 0.29) is 52.1 Å². The molecule has 2 fully saturated rings. The molecule has 0 bridgehead atoms. The van der Waals surface area contributed by atoms with Crippen molar-refractivity contribution >= 4 is 30.9 Å². The van der Waals surface area contributed by atoms with Crippen LogP contribution in [0.15, 0.2) is 12.2 Å². The summed E-state index contributed by atoms with van der Waals surface area (Å²) in [5.74, 6) is 5.92. The summed E-state index contributed by atoms with van der Waals surface area (Å²) in [6.07, 6.45) is 9.20. The van der Waals surface area contributed by atoms with Crippen molar-refractivity contribution in [3.05, 3.63) is 12.2 Å². The van der Waals surface area contributed by atoms with E-state index in [1.807, 2.05) is 0 Å². The molecule has 2 rings (SSSR count). The van der Waals surface area contributed by atoms with Crippen molar-refractivity contribution in [3.8, 4) is 11.8 Å². The Labute approximate surface area is 317 Å². The molecule has 51 heavy (non-hydrogen) atoms. The van der Waals surface area contributed by atoms with Crippen molar-refractivity contribution in [2.75, 3.05) is 7.11 Å². The van der Waals surface area contributed by atoms with Crippen molar-refractivity contribution < 1.29 is 27.2 Å². The number of carbonyl (C=O) groups excluding carboxylic acids is 1. The van der Waals surface area contributed by atoms with Crippen LogP contribution in [0.1, 0.15) is 121 Å². The summed E-state index contributed by atoms with van der Waals surface area (Å²) in [4.78, 5) is 12.0. The van der Waals surface area contributed by atoms with Gasteiger partial charge in [-0.25, -0.2) is 4.39 Å². The smallest absolute Gasteiger partial charge is 0.308 e. The van der Waals surface area contributed by atoms with Crippen LogP contribution in [-0.4, -0.2) is 62.5 Å². The number of hydrogen-bond acceptors (Lipinski definition) is 5. The largest absolute Gasteiger partial charge is 0.469 e. The minimum atomic E-state index is -2.21. The summed E-state index contributed by atoms with van der Waals surface area (Å²) in [6, 6.07) is 3.03. The molecule has 2 saturated carbocycles. The van der Waals surface area contributed by atoms with Crippen LogP contribution in [-0.2, 0) is 22.8 Å². The van der Waals surface area contributed by atoms with E-state index < -0.39 is 37.0 Å². The van der Waals surface area contributed by atoms with Gasteiger partial charge in [-0.05, 0) is 86.0 Å². The van der Waals surface area contributed by atoms with E-state index in [1.54, 1.807) is 0 Å². The molecule has 5 nitrogen and oxygen atoms in total. The summed E-state index contributed by atoms with van der Waals surface area (Å²) in [7, 11) is -4.95. The number of alkyl halides is 1. The average Bonchev–Trinajstić information content (AvgIpc) is 3.34. The highest BCUT2D eigenvalue weighted by Gasteiger charge is 2.52. The highest BCUT2D eigenvalue weighted by molar-refractivity contribution is 6.74. The SMILES string of the molecule is CCCC[C@H](C)C[C@@H](/C=C/[C@@H]1[C@@H]([C@@H](F)C#CC2CC(C(=O)OC)C2)[C@@H](O[Si](CC)(CC)CC)C[C@H]1O[Si](C)(C)C(C)(C)C)O[Si](C)(C)C(C)(C)C. The van der Waals surface area contributed by atoms with E-state index >= 15 is 4.39 Å². The van der Waals surface area contributed by atoms with Gasteiger partial charge in [0.15, 0.2) is 31.1 Å². The Bertz CT molecular complexity index is 1160. The number of ether oxygens (including phenoxy) is 1. The predicted octanol–water partition coefficient (Wildman–Crippen LogP) is 12.1. The van der Waals surface area contributed by atoms with Crippen molar-refractivity contribution in [2.24, 2.45) is 29.6 Å². The first-order valence-corrected chi connectivity index (χ1v) is 28.8. The maximum Gasteiger partial charge on any atom is 0.308 e.